The van der Waals surface area contributed by atoms with E-state index in [9.17, 15) is 4.39 Å². The van der Waals surface area contributed by atoms with Crippen LogP contribution in [-0.4, -0.2) is 58.3 Å². The predicted molar refractivity (Wildman–Crippen MR) is 113 cm³/mol. The lowest BCUT2D eigenvalue weighted by atomic mass is 10.2. The van der Waals surface area contributed by atoms with Gasteiger partial charge in [0.25, 0.3) is 0 Å². The van der Waals surface area contributed by atoms with Crippen molar-refractivity contribution in [3.63, 3.8) is 0 Å². The molecule has 0 radical (unpaired) electrons. The summed E-state index contributed by atoms with van der Waals surface area (Å²) in [5.74, 6) is 2.64. The highest BCUT2D eigenvalue weighted by Gasteiger charge is 2.19. The van der Waals surface area contributed by atoms with E-state index in [1.165, 1.54) is 31.4 Å². The molecule has 0 aliphatic carbocycles. The van der Waals surface area contributed by atoms with Gasteiger partial charge in [-0.3, -0.25) is 4.99 Å². The van der Waals surface area contributed by atoms with Crippen LogP contribution < -0.4 is 10.6 Å². The van der Waals surface area contributed by atoms with Crippen molar-refractivity contribution in [2.24, 2.45) is 10.7 Å². The molecular weight excluding hydrogens is 369 g/mol. The molecule has 1 fully saturated rings. The minimum absolute atomic E-state index is 0.203. The van der Waals surface area contributed by atoms with Crippen LogP contribution in [0, 0.1) is 5.82 Å². The quantitative estimate of drug-likeness (QED) is 0.474. The van der Waals surface area contributed by atoms with E-state index < -0.39 is 0 Å². The molecule has 2 aliphatic rings. The molecule has 2 aromatic rings. The van der Waals surface area contributed by atoms with Crippen molar-refractivity contribution in [3.8, 4) is 0 Å². The zero-order valence-electron chi connectivity index (χ0n) is 16.9. The third-order valence-corrected chi connectivity index (χ3v) is 5.81. The van der Waals surface area contributed by atoms with Gasteiger partial charge >= 0.3 is 0 Å². The predicted octanol–water partition coefficient (Wildman–Crippen LogP) is 2.21. The Labute approximate surface area is 171 Å². The Morgan fingerprint density at radius 1 is 1.00 bits per heavy atom. The molecule has 0 saturated carbocycles. The van der Waals surface area contributed by atoms with E-state index >= 15 is 0 Å². The van der Waals surface area contributed by atoms with Gasteiger partial charge in [-0.15, -0.1) is 10.2 Å². The summed E-state index contributed by atoms with van der Waals surface area (Å²) in [6, 6.07) is 6.67. The number of aliphatic imine (C=N–C) groups is 1. The highest BCUT2D eigenvalue weighted by atomic mass is 19.1. The average Bonchev–Trinajstić information content (AvgIpc) is 2.97. The van der Waals surface area contributed by atoms with Crippen molar-refractivity contribution < 1.29 is 4.39 Å². The normalized spacial score (nSPS) is 17.9. The van der Waals surface area contributed by atoms with Gasteiger partial charge in [-0.05, 0) is 43.5 Å². The largest absolute Gasteiger partial charge is 0.370 e. The Balaban J connectivity index is 1.23. The van der Waals surface area contributed by atoms with Gasteiger partial charge < -0.3 is 20.1 Å². The molecule has 0 amide bonds. The van der Waals surface area contributed by atoms with Gasteiger partial charge in [0.15, 0.2) is 5.96 Å². The molecule has 1 aromatic carbocycles. The van der Waals surface area contributed by atoms with Crippen LogP contribution >= 0.6 is 0 Å². The second-order valence-electron chi connectivity index (χ2n) is 7.79. The van der Waals surface area contributed by atoms with E-state index in [2.05, 4.69) is 29.6 Å². The summed E-state index contributed by atoms with van der Waals surface area (Å²) in [5, 5.41) is 8.74. The number of aryl methyl sites for hydroxylation is 2. The molecule has 3 heterocycles. The molecule has 1 saturated heterocycles. The molecule has 1 aromatic heterocycles. The molecule has 29 heavy (non-hydrogen) atoms. The lowest BCUT2D eigenvalue weighted by Gasteiger charge is -2.36. The van der Waals surface area contributed by atoms with Crippen LogP contribution in [0.4, 0.5) is 10.1 Å². The lowest BCUT2D eigenvalue weighted by Crippen LogP contribution is -2.51. The van der Waals surface area contributed by atoms with Crippen LogP contribution in [0.25, 0.3) is 0 Å². The van der Waals surface area contributed by atoms with Crippen molar-refractivity contribution in [1.29, 1.82) is 0 Å². The fourth-order valence-electron chi connectivity index (χ4n) is 4.11. The summed E-state index contributed by atoms with van der Waals surface area (Å²) in [4.78, 5) is 8.96. The van der Waals surface area contributed by atoms with Gasteiger partial charge in [0, 0.05) is 57.8 Å². The second-order valence-corrected chi connectivity index (χ2v) is 7.79. The number of benzene rings is 1. The molecule has 8 heteroatoms. The van der Waals surface area contributed by atoms with Crippen LogP contribution in [0.5, 0.6) is 0 Å². The van der Waals surface area contributed by atoms with E-state index in [1.807, 2.05) is 12.1 Å². The Bertz CT molecular complexity index is 822. The third kappa shape index (κ3) is 4.86. The number of rotatable bonds is 5. The van der Waals surface area contributed by atoms with Crippen LogP contribution in [0.15, 0.2) is 29.3 Å². The number of nitrogens with zero attached hydrogens (tertiary/aromatic N) is 6. The molecular formula is C21H30FN7. The summed E-state index contributed by atoms with van der Waals surface area (Å²) in [5.41, 5.74) is 7.27. The maximum atomic E-state index is 13.1. The summed E-state index contributed by atoms with van der Waals surface area (Å²) >= 11 is 0. The van der Waals surface area contributed by atoms with E-state index in [4.69, 9.17) is 5.73 Å². The van der Waals surface area contributed by atoms with Gasteiger partial charge in [-0.1, -0.05) is 6.42 Å². The Kier molecular flexibility index (Phi) is 6.27. The molecule has 4 rings (SSSR count). The Morgan fingerprint density at radius 2 is 1.79 bits per heavy atom. The van der Waals surface area contributed by atoms with E-state index in [0.29, 0.717) is 12.5 Å². The number of guanidine groups is 1. The number of fused-ring (bicyclic) bond motifs is 1. The van der Waals surface area contributed by atoms with Crippen molar-refractivity contribution in [2.75, 3.05) is 37.6 Å². The number of halogens is 1. The van der Waals surface area contributed by atoms with Crippen LogP contribution in [0.2, 0.25) is 0 Å². The standard InChI is InChI=1S/C21H30FN7/c22-17-7-9-18(10-8-17)27-13-15-28(16-14-27)21(23)24-11-4-6-20-26-25-19-5-2-1-3-12-29(19)20/h7-10H,1-6,11-16H2,(H2,23,24). The first kappa shape index (κ1) is 19.7. The maximum Gasteiger partial charge on any atom is 0.191 e. The molecule has 0 spiro atoms. The van der Waals surface area contributed by atoms with E-state index in [-0.39, 0.29) is 5.82 Å². The highest BCUT2D eigenvalue weighted by Crippen LogP contribution is 2.17. The summed E-state index contributed by atoms with van der Waals surface area (Å²) in [6.07, 6.45) is 6.57. The van der Waals surface area contributed by atoms with Gasteiger partial charge in [-0.2, -0.15) is 0 Å². The van der Waals surface area contributed by atoms with E-state index in [1.54, 1.807) is 0 Å². The van der Waals surface area contributed by atoms with Gasteiger partial charge in [0.2, 0.25) is 0 Å². The van der Waals surface area contributed by atoms with Crippen LogP contribution in [-0.2, 0) is 19.4 Å². The Morgan fingerprint density at radius 3 is 2.59 bits per heavy atom. The number of aromatic nitrogens is 3. The second kappa shape index (κ2) is 9.24. The van der Waals surface area contributed by atoms with Gasteiger partial charge in [0.05, 0.1) is 0 Å². The summed E-state index contributed by atoms with van der Waals surface area (Å²) < 4.78 is 15.4. The number of anilines is 1. The fourth-order valence-corrected chi connectivity index (χ4v) is 4.11. The summed E-state index contributed by atoms with van der Waals surface area (Å²) in [6.45, 7) is 5.10. The Hall–Kier alpha value is -2.64. The number of hydrogen-bond acceptors (Lipinski definition) is 4. The minimum atomic E-state index is -0.203. The monoisotopic (exact) mass is 399 g/mol. The summed E-state index contributed by atoms with van der Waals surface area (Å²) in [7, 11) is 0. The average molecular weight is 400 g/mol. The number of nitrogens with two attached hydrogens (primary N) is 1. The van der Waals surface area contributed by atoms with E-state index in [0.717, 1.165) is 69.3 Å². The first-order valence-corrected chi connectivity index (χ1v) is 10.7. The lowest BCUT2D eigenvalue weighted by molar-refractivity contribution is 0.380. The molecule has 0 unspecified atom stereocenters. The maximum absolute atomic E-state index is 13.1. The van der Waals surface area contributed by atoms with Crippen molar-refractivity contribution in [1.82, 2.24) is 19.7 Å². The molecule has 0 bridgehead atoms. The third-order valence-electron chi connectivity index (χ3n) is 5.81. The van der Waals surface area contributed by atoms with Crippen molar-refractivity contribution in [3.05, 3.63) is 41.7 Å². The van der Waals surface area contributed by atoms with Gasteiger partial charge in [0.1, 0.15) is 17.5 Å². The first-order valence-electron chi connectivity index (χ1n) is 10.7. The number of hydrogen-bond donors (Lipinski definition) is 1. The first-order chi connectivity index (χ1) is 14.2. The molecule has 7 nitrogen and oxygen atoms in total. The highest BCUT2D eigenvalue weighted by molar-refractivity contribution is 5.78. The molecule has 2 aliphatic heterocycles. The minimum Gasteiger partial charge on any atom is -0.370 e. The zero-order valence-corrected chi connectivity index (χ0v) is 16.9. The molecule has 0 atom stereocenters. The molecule has 2 N–H and O–H groups in total. The van der Waals surface area contributed by atoms with Gasteiger partial charge in [-0.25, -0.2) is 4.39 Å². The molecule has 156 valence electrons. The van der Waals surface area contributed by atoms with Crippen molar-refractivity contribution >= 4 is 11.6 Å². The zero-order chi connectivity index (χ0) is 20.1. The topological polar surface area (TPSA) is 75.6 Å². The fraction of sp³-hybridized carbons (Fsp3) is 0.571. The number of piperazine rings is 1. The van der Waals surface area contributed by atoms with Crippen LogP contribution in [0.1, 0.15) is 37.3 Å². The van der Waals surface area contributed by atoms with Crippen LogP contribution in [0.3, 0.4) is 0 Å². The van der Waals surface area contributed by atoms with Crippen molar-refractivity contribution in [2.45, 2.75) is 45.1 Å². The SMILES string of the molecule is NC(=NCCCc1nnc2n1CCCCC2)N1CCN(c2ccc(F)cc2)CC1. The smallest absolute Gasteiger partial charge is 0.191 e.